The molecule has 12 rings (SSSR count). The van der Waals surface area contributed by atoms with E-state index in [-0.39, 0.29) is 0 Å². The topological polar surface area (TPSA) is 23.3 Å². The first kappa shape index (κ1) is 64.1. The summed E-state index contributed by atoms with van der Waals surface area (Å²) in [5.41, 5.74) is 40.8. The molecule has 0 amide bonds. The van der Waals surface area contributed by atoms with Crippen LogP contribution in [0, 0.1) is 173 Å². The Morgan fingerprint density at radius 1 is 0.204 bits per heavy atom. The van der Waals surface area contributed by atoms with Crippen LogP contribution in [0.2, 0.25) is 0 Å². The van der Waals surface area contributed by atoms with Crippen molar-refractivity contribution in [2.45, 2.75) is 173 Å². The van der Waals surface area contributed by atoms with Gasteiger partial charge in [-0.2, -0.15) is 27.4 Å². The van der Waals surface area contributed by atoms with Crippen LogP contribution >= 0.6 is 0 Å². The maximum absolute atomic E-state index is 7.64. The second-order valence-electron chi connectivity index (χ2n) is 28.3. The Balaban J connectivity index is 0.000000192. The van der Waals surface area contributed by atoms with Gasteiger partial charge in [0.25, 0.3) is 0 Å². The van der Waals surface area contributed by atoms with Crippen LogP contribution in [-0.2, 0) is 42.3 Å². The van der Waals surface area contributed by atoms with Crippen LogP contribution in [0.15, 0.2) is 176 Å². The third-order valence-electron chi connectivity index (χ3n) is 21.6. The van der Waals surface area contributed by atoms with Gasteiger partial charge in [0.2, 0.25) is 34.2 Å². The number of aryl methyl sites for hydroxylation is 16. The number of pyridine rings is 6. The first-order valence-corrected chi connectivity index (χ1v) is 35.7. The highest BCUT2D eigenvalue weighted by Crippen LogP contribution is 2.31. The van der Waals surface area contributed by atoms with E-state index in [1.54, 1.807) is 87.0 Å². The van der Waals surface area contributed by atoms with Crippen LogP contribution < -0.4 is 27.4 Å². The number of nitrogens with zero attached hydrogens (tertiary/aromatic N) is 6. The largest absolute Gasteiger partial charge is 0.215 e. The van der Waals surface area contributed by atoms with E-state index in [2.05, 4.69) is 279 Å². The van der Waals surface area contributed by atoms with Gasteiger partial charge < -0.3 is 0 Å². The Labute approximate surface area is 639 Å². The molecule has 0 saturated heterocycles. The van der Waals surface area contributed by atoms with Crippen LogP contribution in [0.1, 0.15) is 156 Å². The molecule has 12 aromatic rings. The molecule has 0 radical (unpaired) electrons. The summed E-state index contributed by atoms with van der Waals surface area (Å²) >= 11 is 0. The summed E-state index contributed by atoms with van der Waals surface area (Å²) in [6, 6.07) is 58.5. The molecule has 0 atom stereocenters. The molecule has 0 spiro atoms. The van der Waals surface area contributed by atoms with E-state index in [0.717, 1.165) is 28.1 Å². The molecule has 6 aromatic heterocycles. The maximum atomic E-state index is 7.64. The minimum atomic E-state index is -2.17. The second-order valence-corrected chi connectivity index (χ2v) is 28.3. The van der Waals surface area contributed by atoms with Crippen molar-refractivity contribution in [1.29, 1.82) is 0 Å². The van der Waals surface area contributed by atoms with Crippen LogP contribution in [0.25, 0.3) is 67.5 Å². The van der Waals surface area contributed by atoms with E-state index >= 15 is 0 Å². The smallest absolute Gasteiger partial charge is 0.198 e. The Morgan fingerprint density at radius 2 is 0.524 bits per heavy atom. The van der Waals surface area contributed by atoms with E-state index in [0.29, 0.717) is 39.2 Å². The fourth-order valence-corrected chi connectivity index (χ4v) is 13.2. The highest BCUT2D eigenvalue weighted by molar-refractivity contribution is 5.69. The Bertz CT molecular complexity index is 5530. The molecule has 0 bridgehead atoms. The van der Waals surface area contributed by atoms with Gasteiger partial charge in [-0.05, 0) is 253 Å². The van der Waals surface area contributed by atoms with Crippen molar-refractivity contribution >= 4 is 0 Å². The molecule has 6 nitrogen and oxygen atoms in total. The third-order valence-corrected chi connectivity index (χ3v) is 21.6. The molecular weight excluding hydrogens is 1250 g/mol. The molecule has 0 unspecified atom stereocenters. The van der Waals surface area contributed by atoms with Gasteiger partial charge in [0.1, 0.15) is 42.3 Å². The molecule has 0 N–H and O–H groups in total. The SMILES string of the molecule is Cc1ccc(-c2ccc(C)c(C)[n+]2C)c(C)c1.Cc1cccc(-c2c(C)c(C)cc(C)[n+]2C)c1C.Cc1cccc(-c2ccc(C)c(C)[n+]2C)c1C.Cc1ccccc1-c1c(C)c(C)cc(C)[n+]1C.[2H]C([2H])([2H])c1ccc(-c2ccc(C([2H])([2H])[2H])c(C)[n+]2C)c(C)c1.[2H]C([2H])([2H])c1cccc(-c2ccc(C([2H])([2H])[2H])c(C)[n+]2C)c1C. The zero-order valence-corrected chi connectivity index (χ0v) is 66.9. The van der Waals surface area contributed by atoms with E-state index in [1.165, 1.54) is 140 Å². The Hall–Kier alpha value is -9.78. The van der Waals surface area contributed by atoms with Crippen molar-refractivity contribution in [1.82, 2.24) is 0 Å². The van der Waals surface area contributed by atoms with Gasteiger partial charge in [-0.3, -0.25) is 0 Å². The predicted molar refractivity (Wildman–Crippen MR) is 437 cm³/mol. The molecule has 6 heterocycles. The monoisotopic (exact) mass is 1380 g/mol. The maximum Gasteiger partial charge on any atom is 0.215 e. The highest BCUT2D eigenvalue weighted by atomic mass is 15.0. The Kier molecular flexibility index (Phi) is 21.7. The van der Waals surface area contributed by atoms with Crippen molar-refractivity contribution in [3.63, 3.8) is 0 Å². The number of aromatic nitrogens is 6. The van der Waals surface area contributed by atoms with Crippen LogP contribution in [-0.4, -0.2) is 0 Å². The van der Waals surface area contributed by atoms with Crippen molar-refractivity contribution in [3.05, 3.63) is 316 Å². The lowest BCUT2D eigenvalue weighted by molar-refractivity contribution is -0.667. The molecule has 6 heteroatoms. The summed E-state index contributed by atoms with van der Waals surface area (Å²) in [7, 11) is 12.2. The lowest BCUT2D eigenvalue weighted by Gasteiger charge is -2.12. The van der Waals surface area contributed by atoms with E-state index in [1.807, 2.05) is 24.6 Å². The highest BCUT2D eigenvalue weighted by Gasteiger charge is 2.24. The van der Waals surface area contributed by atoms with Crippen LogP contribution in [0.4, 0.5) is 0 Å². The minimum Gasteiger partial charge on any atom is -0.198 e. The first-order valence-electron chi connectivity index (χ1n) is 41.7. The summed E-state index contributed by atoms with van der Waals surface area (Å²) in [6.07, 6.45) is 0. The van der Waals surface area contributed by atoms with Crippen molar-refractivity contribution < 1.29 is 43.9 Å². The zero-order chi connectivity index (χ0) is 86.3. The molecule has 0 fully saturated rings. The molecule has 534 valence electrons. The van der Waals surface area contributed by atoms with Gasteiger partial charge in [-0.1, -0.05) is 90.0 Å². The van der Waals surface area contributed by atoms with Crippen molar-refractivity contribution in [2.75, 3.05) is 0 Å². The number of hydrogen-bond donors (Lipinski definition) is 0. The van der Waals surface area contributed by atoms with Gasteiger partial charge in [0.05, 0.1) is 0 Å². The fourth-order valence-electron chi connectivity index (χ4n) is 13.2. The average molecular weight is 1380 g/mol. The minimum absolute atomic E-state index is 0.299. The van der Waals surface area contributed by atoms with Gasteiger partial charge >= 0.3 is 0 Å². The average Bonchev–Trinajstić information content (AvgIpc) is 0.800. The molecule has 0 aliphatic carbocycles. The summed E-state index contributed by atoms with van der Waals surface area (Å²) in [6.45, 7) is 35.6. The zero-order valence-electron chi connectivity index (χ0n) is 78.9. The summed E-state index contributed by atoms with van der Waals surface area (Å²) in [4.78, 5) is 0. The van der Waals surface area contributed by atoms with Crippen molar-refractivity contribution in [3.8, 4) is 67.5 Å². The quantitative estimate of drug-likeness (QED) is 0.148. The summed E-state index contributed by atoms with van der Waals surface area (Å²) in [5, 5.41) is 0. The summed E-state index contributed by atoms with van der Waals surface area (Å²) in [5.74, 6) is 0. The standard InChI is InChI=1S/C17H22N.5C16H20N/c1-11-8-7-9-16(14(11)4)17-15(5)12(2)10-13(3)18(17)6;2*1-11-6-8-15(13(3)10-11)16-9-7-12(2)14(4)17(16)5;2*1-11-7-6-8-15(13(11)3)16-10-9-12(2)14(4)17(16)5;1-11-8-6-7-9-15(11)16-14(4)12(2)10-13(3)17(16)5/h7-10H,1-6H3;5*6-10H,1-5H3/q6*+1/i;1D3,2D3;;1D3,2D3;;. The fraction of sp³-hybridized carbons (Fsp3) is 0.320. The normalized spacial score (nSPS) is 12.9. The molecule has 103 heavy (non-hydrogen) atoms. The molecule has 0 saturated carbocycles. The number of rotatable bonds is 6. The third kappa shape index (κ3) is 18.5. The second kappa shape index (κ2) is 34.9. The first-order chi connectivity index (χ1) is 53.3. The molecule has 0 aliphatic rings. The van der Waals surface area contributed by atoms with E-state index in [9.17, 15) is 0 Å². The predicted octanol–water partition coefficient (Wildman–Crippen LogP) is 20.8. The van der Waals surface area contributed by atoms with Crippen molar-refractivity contribution in [2.24, 2.45) is 42.3 Å². The van der Waals surface area contributed by atoms with Crippen LogP contribution in [0.5, 0.6) is 0 Å². The summed E-state index contributed by atoms with van der Waals surface area (Å²) < 4.78 is 104. The lowest BCUT2D eigenvalue weighted by Crippen LogP contribution is -2.36. The Morgan fingerprint density at radius 3 is 0.932 bits per heavy atom. The van der Waals surface area contributed by atoms with Gasteiger partial charge in [0.15, 0.2) is 34.2 Å². The van der Waals surface area contributed by atoms with Gasteiger partial charge in [0, 0.05) is 161 Å². The number of hydrogen-bond acceptors (Lipinski definition) is 0. The molecule has 0 aliphatic heterocycles. The van der Waals surface area contributed by atoms with Crippen LogP contribution in [0.3, 0.4) is 0 Å². The number of benzene rings is 6. The van der Waals surface area contributed by atoms with E-state index in [4.69, 9.17) is 16.4 Å². The van der Waals surface area contributed by atoms with E-state index < -0.39 is 27.4 Å². The van der Waals surface area contributed by atoms with Gasteiger partial charge in [-0.15, -0.1) is 0 Å². The van der Waals surface area contributed by atoms with Gasteiger partial charge in [-0.25, -0.2) is 0 Å². The lowest BCUT2D eigenvalue weighted by atomic mass is 9.95. The molecule has 6 aromatic carbocycles. The molecular formula is C97H122N6+6.